The van der Waals surface area contributed by atoms with Crippen LogP contribution in [0.2, 0.25) is 0 Å². The molecule has 0 heterocycles. The molecule has 17 heavy (non-hydrogen) atoms. The number of hydrogen-bond donors (Lipinski definition) is 2. The number of carboxylic acids is 1. The van der Waals surface area contributed by atoms with E-state index in [1.165, 1.54) is 0 Å². The number of halogens is 1. The second-order valence-corrected chi connectivity index (χ2v) is 4.15. The van der Waals surface area contributed by atoms with Crippen molar-refractivity contribution in [1.29, 1.82) is 0 Å². The van der Waals surface area contributed by atoms with E-state index in [4.69, 9.17) is 10.6 Å². The van der Waals surface area contributed by atoms with Crippen LogP contribution in [0.5, 0.6) is 0 Å². The van der Waals surface area contributed by atoms with E-state index in [1.54, 1.807) is 18.2 Å². The van der Waals surface area contributed by atoms with Crippen LogP contribution in [0.1, 0.15) is 11.6 Å². The van der Waals surface area contributed by atoms with Crippen LogP contribution in [-0.4, -0.2) is 24.2 Å². The van der Waals surface area contributed by atoms with Gasteiger partial charge >= 0.3 is 5.97 Å². The van der Waals surface area contributed by atoms with Gasteiger partial charge in [-0.25, -0.2) is 0 Å². The van der Waals surface area contributed by atoms with Crippen molar-refractivity contribution in [2.24, 2.45) is 5.11 Å². The lowest BCUT2D eigenvalue weighted by molar-refractivity contribution is -0.139. The van der Waals surface area contributed by atoms with Crippen molar-refractivity contribution < 1.29 is 9.90 Å². The Hall–Kier alpha value is -1.56. The molecule has 0 radical (unpaired) electrons. The van der Waals surface area contributed by atoms with E-state index in [0.717, 1.165) is 4.47 Å². The summed E-state index contributed by atoms with van der Waals surface area (Å²) < 4.78 is 0.818. The van der Waals surface area contributed by atoms with Gasteiger partial charge in [0.25, 0.3) is 0 Å². The molecule has 0 aliphatic rings. The van der Waals surface area contributed by atoms with Crippen LogP contribution in [0.4, 0.5) is 0 Å². The minimum atomic E-state index is -0.968. The fourth-order valence-corrected chi connectivity index (χ4v) is 1.75. The molecule has 0 aliphatic carbocycles. The first-order chi connectivity index (χ1) is 8.15. The highest BCUT2D eigenvalue weighted by molar-refractivity contribution is 9.10. The van der Waals surface area contributed by atoms with Crippen molar-refractivity contribution in [3.05, 3.63) is 44.7 Å². The standard InChI is InChI=1S/C10H11BrN4O2/c11-8-3-1-2-7(6-8)9(10(16)17)13-4-5-14-15-12/h1-3,6,9,13H,4-5H2,(H,16,17). The zero-order valence-corrected chi connectivity index (χ0v) is 10.5. The van der Waals surface area contributed by atoms with Gasteiger partial charge in [0.2, 0.25) is 0 Å². The van der Waals surface area contributed by atoms with Crippen molar-refractivity contribution in [2.75, 3.05) is 13.1 Å². The fourth-order valence-electron chi connectivity index (χ4n) is 1.34. The number of benzene rings is 1. The molecule has 0 spiro atoms. The van der Waals surface area contributed by atoms with Crippen molar-refractivity contribution in [1.82, 2.24) is 5.32 Å². The van der Waals surface area contributed by atoms with Crippen LogP contribution in [-0.2, 0) is 4.79 Å². The molecule has 1 unspecified atom stereocenters. The topological polar surface area (TPSA) is 98.1 Å². The largest absolute Gasteiger partial charge is 0.480 e. The summed E-state index contributed by atoms with van der Waals surface area (Å²) in [6, 6.07) is 6.25. The van der Waals surface area contributed by atoms with Crippen molar-refractivity contribution in [3.63, 3.8) is 0 Å². The summed E-state index contributed by atoms with van der Waals surface area (Å²) in [5.41, 5.74) is 8.75. The highest BCUT2D eigenvalue weighted by Gasteiger charge is 2.18. The van der Waals surface area contributed by atoms with Gasteiger partial charge in [0.15, 0.2) is 0 Å². The molecule has 0 aliphatic heterocycles. The zero-order chi connectivity index (χ0) is 12.7. The van der Waals surface area contributed by atoms with Gasteiger partial charge in [0, 0.05) is 22.5 Å². The van der Waals surface area contributed by atoms with Gasteiger partial charge in [0.1, 0.15) is 6.04 Å². The maximum atomic E-state index is 11.1. The molecular formula is C10H11BrN4O2. The second-order valence-electron chi connectivity index (χ2n) is 3.23. The maximum absolute atomic E-state index is 11.1. The lowest BCUT2D eigenvalue weighted by Gasteiger charge is -2.14. The van der Waals surface area contributed by atoms with E-state index >= 15 is 0 Å². The molecule has 1 aromatic rings. The number of rotatable bonds is 6. The smallest absolute Gasteiger partial charge is 0.325 e. The maximum Gasteiger partial charge on any atom is 0.325 e. The summed E-state index contributed by atoms with van der Waals surface area (Å²) in [6.07, 6.45) is 0. The molecule has 90 valence electrons. The summed E-state index contributed by atoms with van der Waals surface area (Å²) >= 11 is 3.29. The Morgan fingerprint density at radius 3 is 3.00 bits per heavy atom. The lowest BCUT2D eigenvalue weighted by atomic mass is 10.1. The number of nitrogens with one attached hydrogen (secondary N) is 1. The van der Waals surface area contributed by atoms with Crippen LogP contribution in [0.15, 0.2) is 33.9 Å². The van der Waals surface area contributed by atoms with E-state index in [9.17, 15) is 4.79 Å². The molecule has 2 N–H and O–H groups in total. The molecule has 0 fully saturated rings. The van der Waals surface area contributed by atoms with Crippen molar-refractivity contribution in [3.8, 4) is 0 Å². The monoisotopic (exact) mass is 298 g/mol. The number of carbonyl (C=O) groups is 1. The quantitative estimate of drug-likeness (QED) is 0.365. The molecule has 1 aromatic carbocycles. The van der Waals surface area contributed by atoms with Gasteiger partial charge in [0.05, 0.1) is 0 Å². The van der Waals surface area contributed by atoms with E-state index < -0.39 is 12.0 Å². The van der Waals surface area contributed by atoms with Gasteiger partial charge < -0.3 is 10.4 Å². The Kier molecular flexibility index (Phi) is 5.48. The second kappa shape index (κ2) is 6.90. The predicted octanol–water partition coefficient (Wildman–Crippen LogP) is 2.47. The highest BCUT2D eigenvalue weighted by atomic mass is 79.9. The van der Waals surface area contributed by atoms with E-state index in [0.29, 0.717) is 12.1 Å². The zero-order valence-electron chi connectivity index (χ0n) is 8.88. The molecule has 7 heteroatoms. The first kappa shape index (κ1) is 13.5. The van der Waals surface area contributed by atoms with Crippen LogP contribution in [0, 0.1) is 0 Å². The third-order valence-electron chi connectivity index (χ3n) is 2.05. The Bertz CT molecular complexity index is 446. The molecule has 6 nitrogen and oxygen atoms in total. The Balaban J connectivity index is 2.72. The van der Waals surface area contributed by atoms with Gasteiger partial charge in [-0.15, -0.1) is 0 Å². The highest BCUT2D eigenvalue weighted by Crippen LogP contribution is 2.18. The number of carboxylic acid groups (broad SMARTS) is 1. The predicted molar refractivity (Wildman–Crippen MR) is 66.5 cm³/mol. The number of azide groups is 1. The summed E-state index contributed by atoms with van der Waals surface area (Å²) in [4.78, 5) is 13.7. The third-order valence-corrected chi connectivity index (χ3v) is 2.55. The Labute approximate surface area is 106 Å². The fraction of sp³-hybridized carbons (Fsp3) is 0.300. The Morgan fingerprint density at radius 2 is 2.41 bits per heavy atom. The van der Waals surface area contributed by atoms with E-state index in [-0.39, 0.29) is 6.54 Å². The van der Waals surface area contributed by atoms with Gasteiger partial charge in [-0.1, -0.05) is 33.2 Å². The number of aliphatic carboxylic acids is 1. The molecule has 0 amide bonds. The molecule has 0 bridgehead atoms. The molecular weight excluding hydrogens is 288 g/mol. The molecule has 0 saturated carbocycles. The van der Waals surface area contributed by atoms with Crippen LogP contribution < -0.4 is 5.32 Å². The average Bonchev–Trinajstić information content (AvgIpc) is 2.28. The molecule has 0 saturated heterocycles. The minimum Gasteiger partial charge on any atom is -0.480 e. The number of nitrogens with zero attached hydrogens (tertiary/aromatic N) is 3. The first-order valence-corrected chi connectivity index (χ1v) is 5.67. The van der Waals surface area contributed by atoms with Gasteiger partial charge in [-0.05, 0) is 23.2 Å². The first-order valence-electron chi connectivity index (χ1n) is 4.87. The third kappa shape index (κ3) is 4.44. The molecule has 1 rings (SSSR count). The van der Waals surface area contributed by atoms with E-state index in [2.05, 4.69) is 31.3 Å². The van der Waals surface area contributed by atoms with Crippen molar-refractivity contribution >= 4 is 21.9 Å². The summed E-state index contributed by atoms with van der Waals surface area (Å²) in [6.45, 7) is 0.530. The minimum absolute atomic E-state index is 0.217. The normalized spacial score (nSPS) is 11.6. The summed E-state index contributed by atoms with van der Waals surface area (Å²) in [7, 11) is 0. The van der Waals surface area contributed by atoms with Crippen molar-refractivity contribution in [2.45, 2.75) is 6.04 Å². The summed E-state index contributed by atoms with van der Waals surface area (Å²) in [5.74, 6) is -0.968. The van der Waals surface area contributed by atoms with Crippen LogP contribution >= 0.6 is 15.9 Å². The Morgan fingerprint density at radius 1 is 1.65 bits per heavy atom. The molecule has 0 aromatic heterocycles. The van der Waals surface area contributed by atoms with E-state index in [1.807, 2.05) is 6.07 Å². The van der Waals surface area contributed by atoms with Gasteiger partial charge in [-0.2, -0.15) is 0 Å². The number of hydrogen-bond acceptors (Lipinski definition) is 3. The van der Waals surface area contributed by atoms with Crippen LogP contribution in [0.25, 0.3) is 10.4 Å². The molecule has 1 atom stereocenters. The summed E-state index contributed by atoms with van der Waals surface area (Å²) in [5, 5.41) is 15.2. The van der Waals surface area contributed by atoms with Crippen LogP contribution in [0.3, 0.4) is 0 Å². The average molecular weight is 299 g/mol. The lowest BCUT2D eigenvalue weighted by Crippen LogP contribution is -2.30. The SMILES string of the molecule is [N-]=[N+]=NCCNC(C(=O)O)c1cccc(Br)c1. The van der Waals surface area contributed by atoms with Gasteiger partial charge in [-0.3, -0.25) is 4.79 Å².